The SMILES string of the molecule is C=C1NCCOc2ncc(F)cc2[C@@]23C[C@@H]2CCN3c2ccn3ncc1c3n2.C=C1NC[C@@H](C)Oc2ccc(F)cc2[C@@]23C[C@@H]2CCN3c2ccn3ncc1c3n2.C=C1NC[C@@H](C)Oc2ncc(F)cc2[C@@]23C[C@@H]2CCN3c2ccn3ncc1c3n2.C=C1NC[C@H](C)Oc2ccc(F)cc2[C@@]23C[C@@H]2CCN3c2ccn3ncc1c3n2.C=C1N[C@@H](C)COc2ccc(F)cc2[C@@]23C[C@@H]2CCN3c2ccn3ncc1c3n2. The number of anilines is 5. The smallest absolute Gasteiger partial charge is 0.219 e. The van der Waals surface area contributed by atoms with Crippen LogP contribution in [0.3, 0.4) is 0 Å². The van der Waals surface area contributed by atoms with Crippen molar-refractivity contribution in [3.63, 3.8) is 0 Å². The van der Waals surface area contributed by atoms with Crippen LogP contribution < -0.4 is 74.8 Å². The van der Waals surface area contributed by atoms with Crippen LogP contribution in [0, 0.1) is 58.7 Å². The normalized spacial score (nSPS) is 27.4. The predicted molar refractivity (Wildman–Crippen MR) is 532 cm³/mol. The summed E-state index contributed by atoms with van der Waals surface area (Å²) >= 11 is 0. The van der Waals surface area contributed by atoms with E-state index in [4.69, 9.17) is 48.6 Å². The number of hydrogen-bond donors (Lipinski definition) is 5. The van der Waals surface area contributed by atoms with Crippen molar-refractivity contribution in [1.29, 1.82) is 0 Å². The minimum atomic E-state index is -0.343. The van der Waals surface area contributed by atoms with E-state index in [2.05, 4.69) is 119 Å². The van der Waals surface area contributed by atoms with Crippen LogP contribution >= 0.6 is 0 Å². The third-order valence-corrected chi connectivity index (χ3v) is 32.2. The van der Waals surface area contributed by atoms with Gasteiger partial charge >= 0.3 is 0 Å². The van der Waals surface area contributed by atoms with Crippen LogP contribution in [-0.2, 0) is 27.7 Å². The number of nitrogens with one attached hydrogen (secondary N) is 5. The summed E-state index contributed by atoms with van der Waals surface area (Å²) in [7, 11) is 0. The lowest BCUT2D eigenvalue weighted by atomic mass is 10.0. The Morgan fingerprint density at radius 2 is 0.625 bits per heavy atom. The summed E-state index contributed by atoms with van der Waals surface area (Å²) in [4.78, 5) is 44.8. The molecular weight excluding hydrogens is 1840 g/mol. The second kappa shape index (κ2) is 33.3. The maximum atomic E-state index is 14.3. The molecule has 5 saturated heterocycles. The van der Waals surface area contributed by atoms with Crippen molar-refractivity contribution >= 4 is 85.8 Å². The number of ether oxygens (including phenoxy) is 5. The molecule has 10 bridgehead atoms. The number of benzene rings is 3. The average molecular weight is 1950 g/mol. The Morgan fingerprint density at radius 1 is 0.326 bits per heavy atom. The molecule has 3 aromatic carbocycles. The molecule has 5 aliphatic carbocycles. The molecule has 5 saturated carbocycles. The topological polar surface area (TPSA) is 299 Å². The number of nitrogens with zero attached hydrogens (tertiary/aromatic N) is 22. The molecule has 10 aliphatic heterocycles. The van der Waals surface area contributed by atoms with Gasteiger partial charge in [0.05, 0.1) is 125 Å². The molecule has 22 heterocycles. The fourth-order valence-corrected chi connectivity index (χ4v) is 24.9. The zero-order valence-electron chi connectivity index (χ0n) is 80.0. The Morgan fingerprint density at radius 3 is 0.979 bits per heavy atom. The summed E-state index contributed by atoms with van der Waals surface area (Å²) in [5.74, 6) is 8.63. The number of fused-ring (bicyclic) bond motifs is 15. The first-order valence-corrected chi connectivity index (χ1v) is 49.7. The van der Waals surface area contributed by atoms with Gasteiger partial charge in [-0.25, -0.2) is 79.4 Å². The van der Waals surface area contributed by atoms with Crippen molar-refractivity contribution < 1.29 is 45.6 Å². The third kappa shape index (κ3) is 14.3. The molecule has 15 aliphatic rings. The standard InChI is InChI=1S/3C22H22FN5O.C21H21FN6O.C20H19FN6O/c1-13-12-29-19-4-3-16(23)9-18(19)22-10-15(22)5-7-27(22)20-6-8-28-21(26-20)17(11-24-28)14(2)25-13;2*1-13-11-24-14(2)17-12-25-28-8-6-20(26-21(17)28)27-7-5-15-10-22(15,27)18-9-16(23)3-4-19(18)29-13;1-12-9-23-13(2)16-11-25-28-6-4-18(26-19(16)28)27-5-3-14-8-21(14,27)17-7-15(22)10-24-20(17)29-12;1-12-15-11-24-27-6-3-17(25-18(15)27)26-5-2-13-9-20(13,26)16-8-14(21)10-23-19(16)28-7-4-22-12/h3-4,6,8-9,11,13,15,25H,2,5,7,10,12H2,1H3;2*3-4,6,8-9,12-13,15,24H,2,5,7,10-11H2,1H3;4,6-7,10-12,14,23H,2-3,5,8-9H2,1H3;3,6,8,10-11,13,22H,1-2,4-5,7,9H2/t13-,15-,22+;13-,15+,22-;13-,15-,22+;12-,14+,21-;13-,20+/m01010/s1. The van der Waals surface area contributed by atoms with Gasteiger partial charge in [0.15, 0.2) is 28.2 Å². The number of halogens is 5. The summed E-state index contributed by atoms with van der Waals surface area (Å²) in [5.41, 5.74) is 15.0. The molecule has 10 fully saturated rings. The number of hydrogen-bond acceptors (Lipinski definition) is 27. The van der Waals surface area contributed by atoms with Gasteiger partial charge in [-0.05, 0) is 219 Å². The zero-order chi connectivity index (χ0) is 97.9. The van der Waals surface area contributed by atoms with Gasteiger partial charge in [0.1, 0.15) is 107 Å². The monoisotopic (exact) mass is 1940 g/mol. The lowest BCUT2D eigenvalue weighted by Gasteiger charge is -2.31. The first-order valence-electron chi connectivity index (χ1n) is 49.7. The van der Waals surface area contributed by atoms with E-state index in [-0.39, 0.29) is 81.1 Å². The molecule has 0 unspecified atom stereocenters. The second-order valence-electron chi connectivity index (χ2n) is 40.8. The van der Waals surface area contributed by atoms with E-state index in [0.29, 0.717) is 80.7 Å². The molecule has 0 amide bonds. The number of pyridine rings is 2. The van der Waals surface area contributed by atoms with Gasteiger partial charge in [0.2, 0.25) is 11.8 Å². The van der Waals surface area contributed by atoms with Crippen LogP contribution in [0.2, 0.25) is 0 Å². The Balaban J connectivity index is 0.0000000918. The minimum Gasteiger partial charge on any atom is -0.491 e. The first-order chi connectivity index (χ1) is 69.9. The van der Waals surface area contributed by atoms with E-state index in [0.717, 1.165) is 256 Å². The maximum Gasteiger partial charge on any atom is 0.219 e. The van der Waals surface area contributed by atoms with Gasteiger partial charge < -0.3 is 74.8 Å². The van der Waals surface area contributed by atoms with E-state index in [1.165, 1.54) is 30.6 Å². The van der Waals surface area contributed by atoms with Crippen molar-refractivity contribution in [3.05, 3.63) is 289 Å². The molecule has 144 heavy (non-hydrogen) atoms. The highest BCUT2D eigenvalue weighted by molar-refractivity contribution is 5.80. The Kier molecular flexibility index (Phi) is 20.5. The Bertz CT molecular complexity index is 7420. The minimum absolute atomic E-state index is 0.0199. The number of piperidine rings is 5. The predicted octanol–water partition coefficient (Wildman–Crippen LogP) is 15.1. The van der Waals surface area contributed by atoms with Crippen molar-refractivity contribution in [1.82, 2.24) is 110 Å². The highest BCUT2D eigenvalue weighted by atomic mass is 19.1. The third-order valence-electron chi connectivity index (χ3n) is 32.2. The summed E-state index contributed by atoms with van der Waals surface area (Å²) in [5, 5.41) is 38.7. The second-order valence-corrected chi connectivity index (χ2v) is 40.8. The molecule has 734 valence electrons. The molecule has 12 aromatic heterocycles. The molecule has 32 nitrogen and oxygen atoms in total. The molecule has 0 radical (unpaired) electrons. The van der Waals surface area contributed by atoms with E-state index in [9.17, 15) is 22.0 Å². The molecule has 5 spiro atoms. The van der Waals surface area contributed by atoms with Crippen molar-refractivity contribution in [2.45, 2.75) is 144 Å². The highest BCUT2D eigenvalue weighted by Gasteiger charge is 2.69. The molecule has 14 atom stereocenters. The first kappa shape index (κ1) is 88.6. The Labute approximate surface area is 824 Å². The van der Waals surface area contributed by atoms with E-state index >= 15 is 0 Å². The molecule has 15 aromatic rings. The molecule has 37 heteroatoms. The molecule has 30 rings (SSSR count). The van der Waals surface area contributed by atoms with Gasteiger partial charge in [-0.2, -0.15) is 25.5 Å². The van der Waals surface area contributed by atoms with Crippen LogP contribution in [0.25, 0.3) is 56.7 Å². The van der Waals surface area contributed by atoms with Gasteiger partial charge in [-0.3, -0.25) is 0 Å². The van der Waals surface area contributed by atoms with E-state index in [1.807, 2.05) is 89.0 Å². The molecule has 5 N–H and O–H groups in total. The van der Waals surface area contributed by atoms with Crippen LogP contribution in [0.15, 0.2) is 204 Å². The van der Waals surface area contributed by atoms with Gasteiger partial charge in [-0.1, -0.05) is 32.9 Å². The van der Waals surface area contributed by atoms with E-state index < -0.39 is 0 Å². The van der Waals surface area contributed by atoms with E-state index in [1.54, 1.807) is 102 Å². The zero-order valence-corrected chi connectivity index (χ0v) is 80.0. The fourth-order valence-electron chi connectivity index (χ4n) is 24.9. The van der Waals surface area contributed by atoms with Crippen LogP contribution in [0.1, 0.15) is 148 Å². The average Bonchev–Trinajstić information content (AvgIpc) is 1.54. The lowest BCUT2D eigenvalue weighted by molar-refractivity contribution is 0.209. The number of aromatic nitrogens is 17. The molecular formula is C107H106F5N27O5. The summed E-state index contributed by atoms with van der Waals surface area (Å²) in [6, 6.07) is 27.8. The van der Waals surface area contributed by atoms with Crippen molar-refractivity contribution in [3.8, 4) is 29.0 Å². The quantitative estimate of drug-likeness (QED) is 0.0881. The summed E-state index contributed by atoms with van der Waals surface area (Å²) < 4.78 is 111. The summed E-state index contributed by atoms with van der Waals surface area (Å²) in [6.07, 6.45) is 30.8. The largest absolute Gasteiger partial charge is 0.491 e. The van der Waals surface area contributed by atoms with Crippen LogP contribution in [0.4, 0.5) is 51.0 Å². The van der Waals surface area contributed by atoms with Crippen molar-refractivity contribution in [2.24, 2.45) is 29.6 Å². The Hall–Kier alpha value is -15.6. The lowest BCUT2D eigenvalue weighted by Crippen LogP contribution is -2.35. The fraction of sp³-hybridized carbons (Fsp3) is 0.364. The van der Waals surface area contributed by atoms with Gasteiger partial charge in [-0.15, -0.1) is 0 Å². The summed E-state index contributed by atoms with van der Waals surface area (Å²) in [6.45, 7) is 36.3. The van der Waals surface area contributed by atoms with Gasteiger partial charge in [0.25, 0.3) is 0 Å². The van der Waals surface area contributed by atoms with Crippen LogP contribution in [0.5, 0.6) is 29.0 Å². The highest BCUT2D eigenvalue weighted by Crippen LogP contribution is 2.70. The van der Waals surface area contributed by atoms with Crippen LogP contribution in [-0.4, -0.2) is 179 Å². The van der Waals surface area contributed by atoms with Crippen molar-refractivity contribution in [2.75, 3.05) is 96.6 Å². The maximum absolute atomic E-state index is 14.3. The number of rotatable bonds is 0. The van der Waals surface area contributed by atoms with Gasteiger partial charge in [0, 0.05) is 127 Å².